The van der Waals surface area contributed by atoms with E-state index in [4.69, 9.17) is 15.6 Å². The molecule has 0 amide bonds. The molecule has 0 radical (unpaired) electrons. The zero-order valence-electron chi connectivity index (χ0n) is 7.23. The Labute approximate surface area is 72.8 Å². The monoisotopic (exact) mass is 169 g/mol. The molecule has 0 saturated heterocycles. The van der Waals surface area contributed by atoms with Crippen molar-refractivity contribution < 1.29 is 9.84 Å². The van der Waals surface area contributed by atoms with Crippen LogP contribution < -0.4 is 10.5 Å². The summed E-state index contributed by atoms with van der Waals surface area (Å²) in [6.45, 7) is 0.472. The maximum atomic E-state index is 7.75. The molecule has 0 bridgehead atoms. The molecular weight excluding hydrogens is 154 g/mol. The maximum absolute atomic E-state index is 7.75. The van der Waals surface area contributed by atoms with Gasteiger partial charge in [0.2, 0.25) is 0 Å². The second-order valence-electron chi connectivity index (χ2n) is 2.03. The number of methoxy groups -OCH3 is 1. The highest BCUT2D eigenvalue weighted by molar-refractivity contribution is 5.20. The highest BCUT2D eigenvalue weighted by atomic mass is 16.5. The summed E-state index contributed by atoms with van der Waals surface area (Å²) in [7, 11) is 1.66. The van der Waals surface area contributed by atoms with Crippen LogP contribution in [0.4, 0.5) is 0 Å². The lowest BCUT2D eigenvalue weighted by Gasteiger charge is -1.93. The first-order valence-corrected chi connectivity index (χ1v) is 3.75. The lowest BCUT2D eigenvalue weighted by Crippen LogP contribution is -2.02. The summed E-state index contributed by atoms with van der Waals surface area (Å²) in [5.41, 5.74) is 4.78. The van der Waals surface area contributed by atoms with Crippen LogP contribution >= 0.6 is 0 Å². The summed E-state index contributed by atoms with van der Waals surface area (Å²) >= 11 is 0. The Morgan fingerprint density at radius 2 is 1.83 bits per heavy atom. The lowest BCUT2D eigenvalue weighted by atomic mass is 10.3. The zero-order chi connectivity index (χ0) is 9.23. The number of nitrogens with two attached hydrogens (primary N) is 1. The second kappa shape index (κ2) is 8.04. The van der Waals surface area contributed by atoms with Gasteiger partial charge in [-0.3, -0.25) is 0 Å². The molecule has 0 aliphatic heterocycles. The fourth-order valence-corrected chi connectivity index (χ4v) is 0.557. The van der Waals surface area contributed by atoms with Crippen LogP contribution in [-0.4, -0.2) is 25.4 Å². The molecule has 0 saturated carbocycles. The van der Waals surface area contributed by atoms with Gasteiger partial charge in [-0.2, -0.15) is 0 Å². The van der Waals surface area contributed by atoms with Crippen molar-refractivity contribution in [1.82, 2.24) is 0 Å². The Balaban J connectivity index is 0.000000261. The Kier molecular flexibility index (Phi) is 7.33. The summed E-state index contributed by atoms with van der Waals surface area (Å²) in [5.74, 6) is 0.910. The number of hydrogen-bond donors (Lipinski definition) is 2. The van der Waals surface area contributed by atoms with E-state index in [1.54, 1.807) is 7.11 Å². The van der Waals surface area contributed by atoms with Gasteiger partial charge in [-0.1, -0.05) is 18.2 Å². The van der Waals surface area contributed by atoms with Gasteiger partial charge in [-0.05, 0) is 12.1 Å². The second-order valence-corrected chi connectivity index (χ2v) is 2.03. The van der Waals surface area contributed by atoms with Gasteiger partial charge in [0.15, 0.2) is 0 Å². The molecule has 12 heavy (non-hydrogen) atoms. The molecule has 1 aromatic rings. The van der Waals surface area contributed by atoms with Crippen molar-refractivity contribution in [3.8, 4) is 5.75 Å². The topological polar surface area (TPSA) is 55.5 Å². The molecule has 0 unspecified atom stereocenters. The van der Waals surface area contributed by atoms with Crippen molar-refractivity contribution in [1.29, 1.82) is 0 Å². The Hall–Kier alpha value is -1.06. The number of aliphatic hydroxyl groups is 1. The minimum Gasteiger partial charge on any atom is -0.497 e. The standard InChI is InChI=1S/C7H8O.C2H7NO/c1-8-7-5-3-2-4-6-7;3-1-2-4/h2-6H,1H3;4H,1-3H2. The maximum Gasteiger partial charge on any atom is 0.118 e. The first kappa shape index (κ1) is 10.9. The van der Waals surface area contributed by atoms with E-state index in [0.29, 0.717) is 6.54 Å². The molecule has 0 aromatic heterocycles. The lowest BCUT2D eigenvalue weighted by molar-refractivity contribution is 0.306. The Morgan fingerprint density at radius 3 is 2.08 bits per heavy atom. The van der Waals surface area contributed by atoms with Crippen LogP contribution in [0.5, 0.6) is 5.75 Å². The molecule has 68 valence electrons. The van der Waals surface area contributed by atoms with Gasteiger partial charge in [0.05, 0.1) is 13.7 Å². The molecule has 1 aromatic carbocycles. The van der Waals surface area contributed by atoms with Gasteiger partial charge in [0.25, 0.3) is 0 Å². The van der Waals surface area contributed by atoms with Crippen LogP contribution in [0, 0.1) is 0 Å². The van der Waals surface area contributed by atoms with E-state index in [1.165, 1.54) is 0 Å². The van der Waals surface area contributed by atoms with Crippen molar-refractivity contribution >= 4 is 0 Å². The third-order valence-corrected chi connectivity index (χ3v) is 1.11. The van der Waals surface area contributed by atoms with Crippen molar-refractivity contribution in [3.63, 3.8) is 0 Å². The van der Waals surface area contributed by atoms with Crippen molar-refractivity contribution in [2.45, 2.75) is 0 Å². The van der Waals surface area contributed by atoms with Crippen LogP contribution in [0.2, 0.25) is 0 Å². The minimum absolute atomic E-state index is 0.0972. The highest BCUT2D eigenvalue weighted by Crippen LogP contribution is 2.05. The Bertz CT molecular complexity index is 175. The highest BCUT2D eigenvalue weighted by Gasteiger charge is 1.80. The van der Waals surface area contributed by atoms with Gasteiger partial charge in [-0.15, -0.1) is 0 Å². The molecule has 3 heteroatoms. The van der Waals surface area contributed by atoms with E-state index in [-0.39, 0.29) is 6.61 Å². The molecular formula is C9H15NO2. The number of rotatable bonds is 2. The average molecular weight is 169 g/mol. The first-order chi connectivity index (χ1) is 5.85. The van der Waals surface area contributed by atoms with Crippen LogP contribution in [0.15, 0.2) is 30.3 Å². The molecule has 0 spiro atoms. The van der Waals surface area contributed by atoms with Gasteiger partial charge in [0, 0.05) is 6.54 Å². The van der Waals surface area contributed by atoms with Gasteiger partial charge in [0.1, 0.15) is 5.75 Å². The van der Waals surface area contributed by atoms with E-state index in [9.17, 15) is 0 Å². The molecule has 3 N–H and O–H groups in total. The first-order valence-electron chi connectivity index (χ1n) is 3.75. The van der Waals surface area contributed by atoms with Crippen molar-refractivity contribution in [2.75, 3.05) is 20.3 Å². The van der Waals surface area contributed by atoms with Crippen LogP contribution in [0.25, 0.3) is 0 Å². The van der Waals surface area contributed by atoms with Crippen molar-refractivity contribution in [2.24, 2.45) is 5.73 Å². The molecule has 0 heterocycles. The summed E-state index contributed by atoms with van der Waals surface area (Å²) in [5, 5.41) is 7.75. The number of benzene rings is 1. The minimum atomic E-state index is 0.0972. The van der Waals surface area contributed by atoms with Crippen LogP contribution in [0.1, 0.15) is 0 Å². The zero-order valence-corrected chi connectivity index (χ0v) is 7.23. The number of aliphatic hydroxyl groups excluding tert-OH is 1. The van der Waals surface area contributed by atoms with E-state index < -0.39 is 0 Å². The van der Waals surface area contributed by atoms with Gasteiger partial charge in [-0.25, -0.2) is 0 Å². The fourth-order valence-electron chi connectivity index (χ4n) is 0.557. The van der Waals surface area contributed by atoms with Gasteiger partial charge >= 0.3 is 0 Å². The quantitative estimate of drug-likeness (QED) is 0.682. The number of hydrogen-bond acceptors (Lipinski definition) is 3. The summed E-state index contributed by atoms with van der Waals surface area (Å²) in [4.78, 5) is 0. The normalized spacial score (nSPS) is 8.25. The fraction of sp³-hybridized carbons (Fsp3) is 0.333. The van der Waals surface area contributed by atoms with Crippen LogP contribution in [0.3, 0.4) is 0 Å². The summed E-state index contributed by atoms with van der Waals surface area (Å²) in [6, 6.07) is 9.68. The molecule has 3 nitrogen and oxygen atoms in total. The molecule has 0 fully saturated rings. The van der Waals surface area contributed by atoms with E-state index in [2.05, 4.69) is 0 Å². The molecule has 1 rings (SSSR count). The van der Waals surface area contributed by atoms with Gasteiger partial charge < -0.3 is 15.6 Å². The largest absolute Gasteiger partial charge is 0.497 e. The predicted molar refractivity (Wildman–Crippen MR) is 49.1 cm³/mol. The summed E-state index contributed by atoms with van der Waals surface area (Å²) in [6.07, 6.45) is 0. The summed E-state index contributed by atoms with van der Waals surface area (Å²) < 4.78 is 4.91. The third-order valence-electron chi connectivity index (χ3n) is 1.11. The Morgan fingerprint density at radius 1 is 1.33 bits per heavy atom. The van der Waals surface area contributed by atoms with Crippen molar-refractivity contribution in [3.05, 3.63) is 30.3 Å². The molecule has 0 aliphatic carbocycles. The SMILES string of the molecule is COc1ccccc1.NCCO. The van der Waals surface area contributed by atoms with E-state index in [0.717, 1.165) is 5.75 Å². The molecule has 0 aliphatic rings. The average Bonchev–Trinajstić information content (AvgIpc) is 2.19. The van der Waals surface area contributed by atoms with Crippen LogP contribution in [-0.2, 0) is 0 Å². The molecule has 0 atom stereocenters. The van der Waals surface area contributed by atoms with E-state index >= 15 is 0 Å². The number of para-hydroxylation sites is 1. The number of ether oxygens (including phenoxy) is 1. The predicted octanol–water partition coefficient (Wildman–Crippen LogP) is 0.633. The van der Waals surface area contributed by atoms with E-state index in [1.807, 2.05) is 30.3 Å². The third kappa shape index (κ3) is 5.70. The smallest absolute Gasteiger partial charge is 0.118 e.